The van der Waals surface area contributed by atoms with E-state index in [0.717, 1.165) is 33.0 Å². The fourth-order valence-corrected chi connectivity index (χ4v) is 4.43. The molecule has 34 heavy (non-hydrogen) atoms. The number of aromatic hydroxyl groups is 2. The van der Waals surface area contributed by atoms with Crippen molar-refractivity contribution in [1.29, 1.82) is 0 Å². The summed E-state index contributed by atoms with van der Waals surface area (Å²) in [6.07, 6.45) is 0.757. The Bertz CT molecular complexity index is 1570. The zero-order chi connectivity index (χ0) is 24.0. The van der Waals surface area contributed by atoms with Crippen molar-refractivity contribution in [1.82, 2.24) is 0 Å². The standard InChI is InChI=1S/C28H22O6/c1-15-21-8-6-19(29)13-25(21)33-27(31)23(15)11-17-4-3-5-18(10-17)12-24-16(2)22-9-7-20(30)14-26(22)34-28(24)32/h3-10,13-14,29-30H,11-12H2,1-2H3. The van der Waals surface area contributed by atoms with E-state index in [-0.39, 0.29) is 11.5 Å². The van der Waals surface area contributed by atoms with Gasteiger partial charge < -0.3 is 19.0 Å². The summed E-state index contributed by atoms with van der Waals surface area (Å²) in [5.74, 6) is 0.0847. The molecule has 0 unspecified atom stereocenters. The Labute approximate surface area is 194 Å². The molecule has 2 aromatic heterocycles. The summed E-state index contributed by atoms with van der Waals surface area (Å²) >= 11 is 0. The van der Waals surface area contributed by atoms with E-state index < -0.39 is 11.3 Å². The van der Waals surface area contributed by atoms with Crippen LogP contribution in [0.4, 0.5) is 0 Å². The third-order valence-electron chi connectivity index (χ3n) is 6.30. The molecule has 0 spiro atoms. The first kappa shape index (κ1) is 21.5. The Kier molecular flexibility index (Phi) is 5.21. The average Bonchev–Trinajstić information content (AvgIpc) is 2.79. The number of fused-ring (bicyclic) bond motifs is 2. The van der Waals surface area contributed by atoms with Gasteiger partial charge in [0.25, 0.3) is 0 Å². The van der Waals surface area contributed by atoms with Crippen molar-refractivity contribution in [3.05, 3.63) is 115 Å². The molecule has 6 heteroatoms. The van der Waals surface area contributed by atoms with Gasteiger partial charge in [0.15, 0.2) is 0 Å². The van der Waals surface area contributed by atoms with Crippen LogP contribution in [0, 0.1) is 13.8 Å². The summed E-state index contributed by atoms with van der Waals surface area (Å²) in [6.45, 7) is 3.74. The number of aryl methyl sites for hydroxylation is 2. The molecule has 3 aromatic carbocycles. The summed E-state index contributed by atoms with van der Waals surface area (Å²) < 4.78 is 10.9. The van der Waals surface area contributed by atoms with Crippen molar-refractivity contribution < 1.29 is 19.0 Å². The van der Waals surface area contributed by atoms with E-state index in [1.807, 2.05) is 38.1 Å². The predicted octanol–water partition coefficient (Wildman–Crippen LogP) is 5.11. The van der Waals surface area contributed by atoms with Crippen LogP contribution in [0.25, 0.3) is 21.9 Å². The number of hydrogen-bond acceptors (Lipinski definition) is 6. The van der Waals surface area contributed by atoms with Crippen LogP contribution in [0.5, 0.6) is 11.5 Å². The largest absolute Gasteiger partial charge is 0.508 e. The molecular weight excluding hydrogens is 432 g/mol. The first-order valence-corrected chi connectivity index (χ1v) is 10.9. The lowest BCUT2D eigenvalue weighted by Gasteiger charge is -2.11. The fraction of sp³-hybridized carbons (Fsp3) is 0.143. The van der Waals surface area contributed by atoms with Gasteiger partial charge in [0.05, 0.1) is 0 Å². The van der Waals surface area contributed by atoms with Crippen molar-refractivity contribution in [3.8, 4) is 11.5 Å². The molecule has 2 heterocycles. The Balaban J connectivity index is 1.50. The van der Waals surface area contributed by atoms with Gasteiger partial charge in [0.1, 0.15) is 22.7 Å². The molecule has 0 saturated heterocycles. The van der Waals surface area contributed by atoms with Gasteiger partial charge in [-0.3, -0.25) is 0 Å². The number of hydrogen-bond donors (Lipinski definition) is 2. The molecule has 0 radical (unpaired) electrons. The average molecular weight is 454 g/mol. The molecule has 0 saturated carbocycles. The highest BCUT2D eigenvalue weighted by atomic mass is 16.4. The van der Waals surface area contributed by atoms with Crippen molar-refractivity contribution >= 4 is 21.9 Å². The first-order chi connectivity index (χ1) is 16.3. The Morgan fingerprint density at radius 3 is 1.53 bits per heavy atom. The highest BCUT2D eigenvalue weighted by Crippen LogP contribution is 2.26. The van der Waals surface area contributed by atoms with Crippen LogP contribution in [0.3, 0.4) is 0 Å². The molecule has 0 aliphatic carbocycles. The monoisotopic (exact) mass is 454 g/mol. The van der Waals surface area contributed by atoms with Gasteiger partial charge in [-0.15, -0.1) is 0 Å². The summed E-state index contributed by atoms with van der Waals surface area (Å²) in [6, 6.07) is 17.2. The molecule has 0 fully saturated rings. The molecule has 0 bridgehead atoms. The third-order valence-corrected chi connectivity index (χ3v) is 6.30. The molecule has 0 atom stereocenters. The van der Waals surface area contributed by atoms with Crippen LogP contribution in [0.1, 0.15) is 33.4 Å². The van der Waals surface area contributed by atoms with E-state index in [2.05, 4.69) is 0 Å². The second-order valence-electron chi connectivity index (χ2n) is 8.52. The van der Waals surface area contributed by atoms with E-state index in [1.54, 1.807) is 24.3 Å². The highest BCUT2D eigenvalue weighted by molar-refractivity contribution is 5.83. The maximum atomic E-state index is 12.7. The molecule has 0 aliphatic heterocycles. The van der Waals surface area contributed by atoms with Gasteiger partial charge >= 0.3 is 11.3 Å². The van der Waals surface area contributed by atoms with E-state index in [9.17, 15) is 19.8 Å². The van der Waals surface area contributed by atoms with Crippen LogP contribution in [-0.4, -0.2) is 10.2 Å². The minimum Gasteiger partial charge on any atom is -0.508 e. The quantitative estimate of drug-likeness (QED) is 0.366. The van der Waals surface area contributed by atoms with E-state index >= 15 is 0 Å². The lowest BCUT2D eigenvalue weighted by atomic mass is 9.95. The molecule has 6 nitrogen and oxygen atoms in total. The van der Waals surface area contributed by atoms with Crippen LogP contribution in [0.2, 0.25) is 0 Å². The van der Waals surface area contributed by atoms with Crippen LogP contribution in [0.15, 0.2) is 79.1 Å². The molecular formula is C28H22O6. The molecule has 2 N–H and O–H groups in total. The molecule has 5 aromatic rings. The van der Waals surface area contributed by atoms with Crippen molar-refractivity contribution in [2.24, 2.45) is 0 Å². The summed E-state index contributed by atoms with van der Waals surface area (Å²) in [5, 5.41) is 20.9. The lowest BCUT2D eigenvalue weighted by molar-refractivity contribution is 0.472. The highest BCUT2D eigenvalue weighted by Gasteiger charge is 2.15. The third kappa shape index (κ3) is 3.83. The van der Waals surface area contributed by atoms with Gasteiger partial charge in [-0.1, -0.05) is 24.3 Å². The predicted molar refractivity (Wildman–Crippen MR) is 130 cm³/mol. The molecule has 5 rings (SSSR count). The topological polar surface area (TPSA) is 101 Å². The normalized spacial score (nSPS) is 11.4. The summed E-state index contributed by atoms with van der Waals surface area (Å²) in [7, 11) is 0. The van der Waals surface area contributed by atoms with E-state index in [1.165, 1.54) is 12.1 Å². The van der Waals surface area contributed by atoms with Crippen LogP contribution >= 0.6 is 0 Å². The Morgan fingerprint density at radius 1 is 0.647 bits per heavy atom. The minimum absolute atomic E-state index is 0.0424. The van der Waals surface area contributed by atoms with Gasteiger partial charge in [-0.25, -0.2) is 9.59 Å². The maximum Gasteiger partial charge on any atom is 0.340 e. The van der Waals surface area contributed by atoms with Gasteiger partial charge in [0, 0.05) is 46.9 Å². The molecule has 0 amide bonds. The number of phenols is 2. The zero-order valence-corrected chi connectivity index (χ0v) is 18.7. The number of phenolic OH excluding ortho intramolecular Hbond substituents is 2. The Hall–Kier alpha value is -4.32. The van der Waals surface area contributed by atoms with Crippen molar-refractivity contribution in [2.75, 3.05) is 0 Å². The maximum absolute atomic E-state index is 12.7. The lowest BCUT2D eigenvalue weighted by Crippen LogP contribution is -2.12. The zero-order valence-electron chi connectivity index (χ0n) is 18.7. The minimum atomic E-state index is -0.435. The van der Waals surface area contributed by atoms with Gasteiger partial charge in [-0.2, -0.15) is 0 Å². The first-order valence-electron chi connectivity index (χ1n) is 10.9. The van der Waals surface area contributed by atoms with E-state index in [0.29, 0.717) is 35.1 Å². The van der Waals surface area contributed by atoms with Crippen molar-refractivity contribution in [3.63, 3.8) is 0 Å². The van der Waals surface area contributed by atoms with Crippen LogP contribution in [-0.2, 0) is 12.8 Å². The second-order valence-corrected chi connectivity index (χ2v) is 8.52. The molecule has 0 aliphatic rings. The number of benzene rings is 3. The van der Waals surface area contributed by atoms with Crippen LogP contribution < -0.4 is 11.3 Å². The molecule has 170 valence electrons. The second kappa shape index (κ2) is 8.23. The number of rotatable bonds is 4. The SMILES string of the molecule is Cc1c(Cc2cccc(Cc3c(C)c4ccc(O)cc4oc3=O)c2)c(=O)oc2cc(O)ccc12. The smallest absolute Gasteiger partial charge is 0.340 e. The van der Waals surface area contributed by atoms with Gasteiger partial charge in [0.2, 0.25) is 0 Å². The Morgan fingerprint density at radius 2 is 1.09 bits per heavy atom. The summed E-state index contributed by atoms with van der Waals surface area (Å²) in [4.78, 5) is 25.3. The summed E-state index contributed by atoms with van der Waals surface area (Å²) in [5.41, 5.74) is 4.40. The van der Waals surface area contributed by atoms with E-state index in [4.69, 9.17) is 8.83 Å². The van der Waals surface area contributed by atoms with Crippen molar-refractivity contribution in [2.45, 2.75) is 26.7 Å². The van der Waals surface area contributed by atoms with Gasteiger partial charge in [-0.05, 0) is 60.4 Å². The fourth-order valence-electron chi connectivity index (χ4n) is 4.43.